The molecule has 6 heteroatoms. The van der Waals surface area contributed by atoms with Gasteiger partial charge in [0.25, 0.3) is 5.91 Å². The molecule has 0 saturated carbocycles. The highest BCUT2D eigenvalue weighted by atomic mass is 35.5. The number of hydrogen-bond donors (Lipinski definition) is 1. The largest absolute Gasteiger partial charge is 0.368 e. The van der Waals surface area contributed by atoms with E-state index in [0.29, 0.717) is 5.56 Å². The van der Waals surface area contributed by atoms with Crippen LogP contribution in [0.4, 0.5) is 0 Å². The number of nitrogens with zero attached hydrogens (tertiary/aromatic N) is 1. The smallest absolute Gasteiger partial charge is 0.254 e. The van der Waals surface area contributed by atoms with Gasteiger partial charge in [-0.15, -0.1) is 11.8 Å². The number of hydrogen-bond acceptors (Lipinski definition) is 3. The first kappa shape index (κ1) is 19.3. The van der Waals surface area contributed by atoms with Gasteiger partial charge in [-0.25, -0.2) is 0 Å². The van der Waals surface area contributed by atoms with Crippen LogP contribution < -0.4 is 5.73 Å². The molecule has 0 bridgehead atoms. The molecule has 0 atom stereocenters. The van der Waals surface area contributed by atoms with Crippen molar-refractivity contribution in [1.82, 2.24) is 4.90 Å². The summed E-state index contributed by atoms with van der Waals surface area (Å²) in [6.07, 6.45) is 0. The van der Waals surface area contributed by atoms with E-state index < -0.39 is 5.91 Å². The second-order valence-corrected chi connectivity index (χ2v) is 7.42. The molecule has 2 aromatic rings. The summed E-state index contributed by atoms with van der Waals surface area (Å²) in [4.78, 5) is 26.3. The van der Waals surface area contributed by atoms with Crippen LogP contribution in [0.2, 0.25) is 5.02 Å². The van der Waals surface area contributed by atoms with Gasteiger partial charge in [-0.1, -0.05) is 23.7 Å². The third-order valence-electron chi connectivity index (χ3n) is 3.63. The van der Waals surface area contributed by atoms with Crippen molar-refractivity contribution in [2.75, 3.05) is 6.54 Å². The van der Waals surface area contributed by atoms with Crippen LogP contribution in [0, 0.1) is 0 Å². The average molecular weight is 377 g/mol. The van der Waals surface area contributed by atoms with E-state index in [9.17, 15) is 9.59 Å². The van der Waals surface area contributed by atoms with Crippen LogP contribution in [0.5, 0.6) is 0 Å². The number of primary amides is 1. The highest BCUT2D eigenvalue weighted by Gasteiger charge is 2.20. The molecule has 0 saturated heterocycles. The maximum Gasteiger partial charge on any atom is 0.254 e. The molecule has 2 amide bonds. The van der Waals surface area contributed by atoms with Crippen molar-refractivity contribution < 1.29 is 9.59 Å². The van der Waals surface area contributed by atoms with Crippen molar-refractivity contribution in [3.05, 3.63) is 64.7 Å². The Morgan fingerprint density at radius 1 is 1.08 bits per heavy atom. The van der Waals surface area contributed by atoms with Crippen molar-refractivity contribution in [3.63, 3.8) is 0 Å². The van der Waals surface area contributed by atoms with Crippen molar-refractivity contribution in [3.8, 4) is 0 Å². The van der Waals surface area contributed by atoms with Crippen LogP contribution in [0.25, 0.3) is 0 Å². The summed E-state index contributed by atoms with van der Waals surface area (Å²) in [7, 11) is 0. The lowest BCUT2D eigenvalue weighted by atomic mass is 10.1. The molecule has 2 aromatic carbocycles. The average Bonchev–Trinajstić information content (AvgIpc) is 2.59. The first-order valence-electron chi connectivity index (χ1n) is 7.93. The Kier molecular flexibility index (Phi) is 6.91. The summed E-state index contributed by atoms with van der Waals surface area (Å²) in [5, 5.41) is 0.720. The van der Waals surface area contributed by atoms with Crippen LogP contribution in [-0.2, 0) is 10.5 Å². The maximum atomic E-state index is 12.5. The molecule has 0 fully saturated rings. The number of thioether (sulfide) groups is 1. The third-order valence-corrected chi connectivity index (χ3v) is 4.97. The van der Waals surface area contributed by atoms with E-state index in [1.165, 1.54) is 4.90 Å². The van der Waals surface area contributed by atoms with Crippen LogP contribution in [0.15, 0.2) is 53.4 Å². The van der Waals surface area contributed by atoms with E-state index in [4.69, 9.17) is 17.3 Å². The Morgan fingerprint density at radius 2 is 1.68 bits per heavy atom. The summed E-state index contributed by atoms with van der Waals surface area (Å²) in [5.74, 6) is 0.0920. The van der Waals surface area contributed by atoms with Gasteiger partial charge in [0.1, 0.15) is 0 Å². The SMILES string of the molecule is CC(C)N(CC(N)=O)C(=O)c1ccc(CSc2ccc(Cl)cc2)cc1. The topological polar surface area (TPSA) is 63.4 Å². The van der Waals surface area contributed by atoms with Crippen LogP contribution >= 0.6 is 23.4 Å². The second kappa shape index (κ2) is 8.92. The highest BCUT2D eigenvalue weighted by Crippen LogP contribution is 2.24. The molecule has 2 rings (SSSR count). The molecule has 0 unspecified atom stereocenters. The summed E-state index contributed by atoms with van der Waals surface area (Å²) in [5.41, 5.74) is 6.90. The molecule has 2 N–H and O–H groups in total. The molecule has 132 valence electrons. The van der Waals surface area contributed by atoms with Gasteiger partial charge in [-0.2, -0.15) is 0 Å². The minimum atomic E-state index is -0.516. The number of nitrogens with two attached hydrogens (primary N) is 1. The first-order chi connectivity index (χ1) is 11.9. The van der Waals surface area contributed by atoms with Crippen molar-refractivity contribution in [2.45, 2.75) is 30.5 Å². The third kappa shape index (κ3) is 5.80. The van der Waals surface area contributed by atoms with Crippen molar-refractivity contribution in [1.29, 1.82) is 0 Å². The molecule has 4 nitrogen and oxygen atoms in total. The Hall–Kier alpha value is -1.98. The van der Waals surface area contributed by atoms with Gasteiger partial charge in [0.05, 0.1) is 6.54 Å². The van der Waals surface area contributed by atoms with Crippen LogP contribution in [0.3, 0.4) is 0 Å². The summed E-state index contributed by atoms with van der Waals surface area (Å²) >= 11 is 7.58. The molecule has 0 aliphatic carbocycles. The molecular weight excluding hydrogens is 356 g/mol. The molecule has 0 aliphatic heterocycles. The van der Waals surface area contributed by atoms with Crippen molar-refractivity contribution in [2.24, 2.45) is 5.73 Å². The summed E-state index contributed by atoms with van der Waals surface area (Å²) in [6.45, 7) is 3.64. The lowest BCUT2D eigenvalue weighted by molar-refractivity contribution is -0.119. The molecule has 0 spiro atoms. The number of benzene rings is 2. The predicted molar refractivity (Wildman–Crippen MR) is 103 cm³/mol. The van der Waals surface area contributed by atoms with Gasteiger partial charge >= 0.3 is 0 Å². The Morgan fingerprint density at radius 3 is 2.20 bits per heavy atom. The van der Waals surface area contributed by atoms with E-state index >= 15 is 0 Å². The molecule has 0 aliphatic rings. The summed E-state index contributed by atoms with van der Waals surface area (Å²) in [6, 6.07) is 15.0. The number of halogens is 1. The monoisotopic (exact) mass is 376 g/mol. The fourth-order valence-electron chi connectivity index (χ4n) is 2.26. The zero-order valence-electron chi connectivity index (χ0n) is 14.2. The Bertz CT molecular complexity index is 730. The van der Waals surface area contributed by atoms with Crippen LogP contribution in [-0.4, -0.2) is 29.3 Å². The van der Waals surface area contributed by atoms with Gasteiger partial charge < -0.3 is 10.6 Å². The highest BCUT2D eigenvalue weighted by molar-refractivity contribution is 7.98. The predicted octanol–water partition coefficient (Wildman–Crippen LogP) is 3.97. The lowest BCUT2D eigenvalue weighted by Crippen LogP contribution is -2.42. The number of amides is 2. The standard InChI is InChI=1S/C19H21ClN2O2S/c1-13(2)22(11-18(21)23)19(24)15-5-3-14(4-6-15)12-25-17-9-7-16(20)8-10-17/h3-10,13H,11-12H2,1-2H3,(H2,21,23). The quantitative estimate of drug-likeness (QED) is 0.743. The fraction of sp³-hybridized carbons (Fsp3) is 0.263. The first-order valence-corrected chi connectivity index (χ1v) is 9.29. The molecule has 0 heterocycles. The minimum absolute atomic E-state index is 0.0787. The Balaban J connectivity index is 2.01. The zero-order chi connectivity index (χ0) is 18.4. The fourth-order valence-corrected chi connectivity index (χ4v) is 3.24. The van der Waals surface area contributed by atoms with Gasteiger partial charge in [0, 0.05) is 27.3 Å². The molecular formula is C19H21ClN2O2S. The molecule has 0 aromatic heterocycles. The number of carbonyl (C=O) groups is 2. The second-order valence-electron chi connectivity index (χ2n) is 5.93. The van der Waals surface area contributed by atoms with Crippen LogP contribution in [0.1, 0.15) is 29.8 Å². The van der Waals surface area contributed by atoms with E-state index in [2.05, 4.69) is 0 Å². The van der Waals surface area contributed by atoms with E-state index in [-0.39, 0.29) is 18.5 Å². The molecule has 25 heavy (non-hydrogen) atoms. The maximum absolute atomic E-state index is 12.5. The van der Waals surface area contributed by atoms with E-state index in [1.807, 2.05) is 50.2 Å². The van der Waals surface area contributed by atoms with Gasteiger partial charge in [0.15, 0.2) is 0 Å². The van der Waals surface area contributed by atoms with Gasteiger partial charge in [0.2, 0.25) is 5.91 Å². The summed E-state index contributed by atoms with van der Waals surface area (Å²) < 4.78 is 0. The van der Waals surface area contributed by atoms with E-state index in [0.717, 1.165) is 21.2 Å². The number of carbonyl (C=O) groups excluding carboxylic acids is 2. The van der Waals surface area contributed by atoms with Gasteiger partial charge in [-0.3, -0.25) is 9.59 Å². The zero-order valence-corrected chi connectivity index (χ0v) is 15.8. The van der Waals surface area contributed by atoms with E-state index in [1.54, 1.807) is 23.9 Å². The molecule has 0 radical (unpaired) electrons. The van der Waals surface area contributed by atoms with Crippen molar-refractivity contribution >= 4 is 35.2 Å². The lowest BCUT2D eigenvalue weighted by Gasteiger charge is -2.25. The number of rotatable bonds is 7. The normalized spacial score (nSPS) is 10.7. The van der Waals surface area contributed by atoms with Gasteiger partial charge in [-0.05, 0) is 55.8 Å². The minimum Gasteiger partial charge on any atom is -0.368 e. The Labute approximate surface area is 157 Å².